The molecule has 4 heteroatoms. The van der Waals surface area contributed by atoms with Gasteiger partial charge in [-0.1, -0.05) is 26.0 Å². The number of hydrogen-bond acceptors (Lipinski definition) is 3. The van der Waals surface area contributed by atoms with Crippen molar-refractivity contribution in [1.82, 2.24) is 0 Å². The molecule has 0 aliphatic heterocycles. The Bertz CT molecular complexity index is 333. The first-order valence-corrected chi connectivity index (χ1v) is 5.34. The van der Waals surface area contributed by atoms with Crippen molar-refractivity contribution in [2.75, 3.05) is 11.9 Å². The Labute approximate surface area is 95.8 Å². The largest absolute Gasteiger partial charge is 0.449 e. The molecule has 0 bridgehead atoms. The zero-order valence-corrected chi connectivity index (χ0v) is 9.69. The molecule has 0 spiro atoms. The highest BCUT2D eigenvalue weighted by Gasteiger charge is 2.04. The third-order valence-corrected chi connectivity index (χ3v) is 1.98. The second-order valence-corrected chi connectivity index (χ2v) is 4.02. The fourth-order valence-electron chi connectivity index (χ4n) is 1.12. The molecule has 4 nitrogen and oxygen atoms in total. The average molecular weight is 222 g/mol. The van der Waals surface area contributed by atoms with Gasteiger partial charge in [0, 0.05) is 12.2 Å². The van der Waals surface area contributed by atoms with Crippen molar-refractivity contribution in [3.05, 3.63) is 29.8 Å². The van der Waals surface area contributed by atoms with E-state index in [0.717, 1.165) is 5.56 Å². The Hall–Kier alpha value is -1.55. The molecule has 1 aromatic rings. The van der Waals surface area contributed by atoms with E-state index in [0.29, 0.717) is 24.8 Å². The van der Waals surface area contributed by atoms with Crippen molar-refractivity contribution in [2.45, 2.75) is 20.4 Å². The number of carbonyl (C=O) groups is 1. The van der Waals surface area contributed by atoms with E-state index in [1.165, 1.54) is 0 Å². The van der Waals surface area contributed by atoms with Crippen molar-refractivity contribution in [3.8, 4) is 0 Å². The van der Waals surface area contributed by atoms with E-state index >= 15 is 0 Å². The van der Waals surface area contributed by atoms with Crippen molar-refractivity contribution in [1.29, 1.82) is 0 Å². The highest BCUT2D eigenvalue weighted by Crippen LogP contribution is 2.09. The van der Waals surface area contributed by atoms with E-state index in [4.69, 9.17) is 10.5 Å². The van der Waals surface area contributed by atoms with Gasteiger partial charge in [0.1, 0.15) is 0 Å². The fraction of sp³-hybridized carbons (Fsp3) is 0.417. The summed E-state index contributed by atoms with van der Waals surface area (Å²) in [6.45, 7) is 4.90. The molecule has 0 aliphatic carbocycles. The molecule has 3 N–H and O–H groups in total. The second-order valence-electron chi connectivity index (χ2n) is 4.02. The zero-order valence-electron chi connectivity index (χ0n) is 9.69. The molecule has 0 aromatic heterocycles. The van der Waals surface area contributed by atoms with Gasteiger partial charge in [-0.25, -0.2) is 4.79 Å². The lowest BCUT2D eigenvalue weighted by molar-refractivity contribution is 0.147. The number of nitrogens with one attached hydrogen (secondary N) is 1. The highest BCUT2D eigenvalue weighted by molar-refractivity contribution is 5.84. The lowest BCUT2D eigenvalue weighted by atomic mass is 10.2. The first-order valence-electron chi connectivity index (χ1n) is 5.34. The molecule has 0 radical (unpaired) electrons. The van der Waals surface area contributed by atoms with Crippen molar-refractivity contribution >= 4 is 11.8 Å². The second kappa shape index (κ2) is 6.12. The zero-order chi connectivity index (χ0) is 12.0. The van der Waals surface area contributed by atoms with E-state index in [1.807, 2.05) is 26.0 Å². The van der Waals surface area contributed by atoms with Crippen LogP contribution < -0.4 is 11.1 Å². The summed E-state index contributed by atoms with van der Waals surface area (Å²) in [7, 11) is 0. The third-order valence-electron chi connectivity index (χ3n) is 1.98. The summed E-state index contributed by atoms with van der Waals surface area (Å²) in [5, 5.41) is 2.65. The van der Waals surface area contributed by atoms with Crippen molar-refractivity contribution in [3.63, 3.8) is 0 Å². The normalized spacial score (nSPS) is 10.2. The summed E-state index contributed by atoms with van der Waals surface area (Å²) in [5.41, 5.74) is 7.21. The van der Waals surface area contributed by atoms with Gasteiger partial charge in [-0.3, -0.25) is 5.32 Å². The molecule has 0 saturated heterocycles. The lowest BCUT2D eigenvalue weighted by Gasteiger charge is -2.08. The summed E-state index contributed by atoms with van der Waals surface area (Å²) in [5.74, 6) is 0.338. The molecule has 0 aliphatic rings. The van der Waals surface area contributed by atoms with Gasteiger partial charge in [0.25, 0.3) is 0 Å². The first-order chi connectivity index (χ1) is 7.61. The molecule has 16 heavy (non-hydrogen) atoms. The van der Waals surface area contributed by atoms with Gasteiger partial charge < -0.3 is 10.5 Å². The predicted octanol–water partition coefficient (Wildman–Crippen LogP) is 2.35. The van der Waals surface area contributed by atoms with Crippen LogP contribution >= 0.6 is 0 Å². The maximum Gasteiger partial charge on any atom is 0.411 e. The smallest absolute Gasteiger partial charge is 0.411 e. The van der Waals surface area contributed by atoms with Crippen molar-refractivity contribution in [2.24, 2.45) is 11.7 Å². The number of ether oxygens (including phenoxy) is 1. The minimum atomic E-state index is -0.422. The van der Waals surface area contributed by atoms with Crippen LogP contribution in [0.5, 0.6) is 0 Å². The fourth-order valence-corrected chi connectivity index (χ4v) is 1.12. The van der Waals surface area contributed by atoms with Gasteiger partial charge in [0.05, 0.1) is 6.61 Å². The SMILES string of the molecule is CC(C)COC(=O)Nc1ccc(CN)cc1. The van der Waals surface area contributed by atoms with Crippen molar-refractivity contribution < 1.29 is 9.53 Å². The minimum Gasteiger partial charge on any atom is -0.449 e. The number of carbonyl (C=O) groups excluding carboxylic acids is 1. The maximum atomic E-state index is 11.3. The Kier molecular flexibility index (Phi) is 4.79. The van der Waals surface area contributed by atoms with Gasteiger partial charge in [-0.2, -0.15) is 0 Å². The summed E-state index contributed by atoms with van der Waals surface area (Å²) in [4.78, 5) is 11.3. The molecular weight excluding hydrogens is 204 g/mol. The van der Waals surface area contributed by atoms with Crippen LogP contribution in [0.2, 0.25) is 0 Å². The number of rotatable bonds is 4. The van der Waals surface area contributed by atoms with Gasteiger partial charge >= 0.3 is 6.09 Å². The third kappa shape index (κ3) is 4.31. The lowest BCUT2D eigenvalue weighted by Crippen LogP contribution is -2.16. The van der Waals surface area contributed by atoms with Crippen LogP contribution in [0.25, 0.3) is 0 Å². The molecule has 1 rings (SSSR count). The molecular formula is C12H18N2O2. The Balaban J connectivity index is 2.43. The summed E-state index contributed by atoms with van der Waals surface area (Å²) in [6.07, 6.45) is -0.422. The van der Waals surface area contributed by atoms with Crippen LogP contribution in [0.15, 0.2) is 24.3 Å². The average Bonchev–Trinajstić information content (AvgIpc) is 2.27. The van der Waals surface area contributed by atoms with E-state index < -0.39 is 6.09 Å². The molecule has 0 unspecified atom stereocenters. The van der Waals surface area contributed by atoms with Gasteiger partial charge in [0.2, 0.25) is 0 Å². The van der Waals surface area contributed by atoms with Crippen LogP contribution in [0, 0.1) is 5.92 Å². The minimum absolute atomic E-state index is 0.338. The molecule has 0 fully saturated rings. The van der Waals surface area contributed by atoms with E-state index in [-0.39, 0.29) is 0 Å². The first kappa shape index (κ1) is 12.5. The number of anilines is 1. The number of benzene rings is 1. The van der Waals surface area contributed by atoms with Crippen LogP contribution in [-0.2, 0) is 11.3 Å². The molecule has 0 atom stereocenters. The molecule has 0 saturated carbocycles. The standard InChI is InChI=1S/C12H18N2O2/c1-9(2)8-16-12(15)14-11-5-3-10(7-13)4-6-11/h3-6,9H,7-8,13H2,1-2H3,(H,14,15). The summed E-state index contributed by atoms with van der Waals surface area (Å²) >= 11 is 0. The molecule has 1 aromatic carbocycles. The van der Waals surface area contributed by atoms with E-state index in [1.54, 1.807) is 12.1 Å². The summed E-state index contributed by atoms with van der Waals surface area (Å²) in [6, 6.07) is 7.35. The van der Waals surface area contributed by atoms with Gasteiger partial charge in [-0.15, -0.1) is 0 Å². The quantitative estimate of drug-likeness (QED) is 0.821. The van der Waals surface area contributed by atoms with Crippen LogP contribution in [0.3, 0.4) is 0 Å². The monoisotopic (exact) mass is 222 g/mol. The number of amides is 1. The Morgan fingerprint density at radius 1 is 1.38 bits per heavy atom. The van der Waals surface area contributed by atoms with Gasteiger partial charge in [-0.05, 0) is 23.6 Å². The van der Waals surface area contributed by atoms with Crippen LogP contribution in [0.4, 0.5) is 10.5 Å². The predicted molar refractivity (Wildman–Crippen MR) is 64.1 cm³/mol. The van der Waals surface area contributed by atoms with Crippen LogP contribution in [0.1, 0.15) is 19.4 Å². The van der Waals surface area contributed by atoms with Gasteiger partial charge in [0.15, 0.2) is 0 Å². The van der Waals surface area contributed by atoms with E-state index in [2.05, 4.69) is 5.32 Å². The summed E-state index contributed by atoms with van der Waals surface area (Å²) < 4.78 is 4.99. The maximum absolute atomic E-state index is 11.3. The molecule has 1 amide bonds. The van der Waals surface area contributed by atoms with Crippen LogP contribution in [-0.4, -0.2) is 12.7 Å². The highest BCUT2D eigenvalue weighted by atomic mass is 16.5. The number of nitrogens with two attached hydrogens (primary N) is 1. The molecule has 88 valence electrons. The Morgan fingerprint density at radius 3 is 2.50 bits per heavy atom. The van der Waals surface area contributed by atoms with E-state index in [9.17, 15) is 4.79 Å². The molecule has 0 heterocycles. The Morgan fingerprint density at radius 2 is 2.00 bits per heavy atom. The number of hydrogen-bond donors (Lipinski definition) is 2. The topological polar surface area (TPSA) is 64.3 Å².